The Balaban J connectivity index is 1.74. The molecule has 134 valence electrons. The van der Waals surface area contributed by atoms with Crippen molar-refractivity contribution in [3.05, 3.63) is 76.5 Å². The second-order valence-corrected chi connectivity index (χ2v) is 6.44. The summed E-state index contributed by atoms with van der Waals surface area (Å²) in [6.45, 7) is 2.90. The van der Waals surface area contributed by atoms with E-state index in [1.54, 1.807) is 24.7 Å². The Morgan fingerprint density at radius 3 is 2.73 bits per heavy atom. The van der Waals surface area contributed by atoms with Crippen LogP contribution in [0.3, 0.4) is 0 Å². The summed E-state index contributed by atoms with van der Waals surface area (Å²) in [5.74, 6) is -0.396. The molecule has 2 aromatic carbocycles. The van der Waals surface area contributed by atoms with Crippen molar-refractivity contribution in [2.24, 2.45) is 0 Å². The zero-order valence-electron chi connectivity index (χ0n) is 14.1. The molecular formula is C19H17BrFN3O2. The van der Waals surface area contributed by atoms with E-state index in [2.05, 4.69) is 26.2 Å². The molecule has 0 radical (unpaired) electrons. The molecule has 26 heavy (non-hydrogen) atoms. The molecule has 1 amide bonds. The third-order valence-corrected chi connectivity index (χ3v) is 4.32. The fraction of sp³-hybridized carbons (Fsp3) is 0.158. The molecule has 0 saturated heterocycles. The normalized spacial score (nSPS) is 10.6. The number of nitrogens with one attached hydrogen (secondary N) is 1. The van der Waals surface area contributed by atoms with E-state index < -0.39 is 5.82 Å². The molecule has 0 atom stereocenters. The summed E-state index contributed by atoms with van der Waals surface area (Å²) in [6.07, 6.45) is 5.32. The Morgan fingerprint density at radius 2 is 2.08 bits per heavy atom. The van der Waals surface area contributed by atoms with Gasteiger partial charge in [0.1, 0.15) is 11.6 Å². The van der Waals surface area contributed by atoms with Crippen LogP contribution < -0.4 is 10.1 Å². The number of nitrogens with zero attached hydrogens (tertiary/aromatic N) is 2. The molecule has 0 unspecified atom stereocenters. The van der Waals surface area contributed by atoms with Crippen LogP contribution in [0.2, 0.25) is 0 Å². The van der Waals surface area contributed by atoms with Gasteiger partial charge in [0.15, 0.2) is 0 Å². The largest absolute Gasteiger partial charge is 0.492 e. The van der Waals surface area contributed by atoms with Gasteiger partial charge in [-0.2, -0.15) is 0 Å². The van der Waals surface area contributed by atoms with Crippen LogP contribution in [-0.4, -0.2) is 22.1 Å². The second kappa shape index (κ2) is 8.14. The molecule has 5 nitrogen and oxygen atoms in total. The minimum atomic E-state index is -0.473. The van der Waals surface area contributed by atoms with Gasteiger partial charge in [-0.05, 0) is 46.6 Å². The van der Waals surface area contributed by atoms with Gasteiger partial charge in [0.25, 0.3) is 5.91 Å². The summed E-state index contributed by atoms with van der Waals surface area (Å²) >= 11 is 3.12. The van der Waals surface area contributed by atoms with Crippen molar-refractivity contribution in [2.75, 3.05) is 11.9 Å². The standard InChI is InChI=1S/C19H17BrFN3O2/c1-2-26-18-9-15(20)16(21)10-17(18)23-19(25)14-5-3-13(4-6-14)11-24-8-7-22-12-24/h3-10,12H,2,11H2,1H3,(H,23,25). The van der Waals surface area contributed by atoms with Gasteiger partial charge in [-0.15, -0.1) is 0 Å². The van der Waals surface area contributed by atoms with Crippen molar-refractivity contribution in [3.8, 4) is 5.75 Å². The van der Waals surface area contributed by atoms with Gasteiger partial charge in [0.2, 0.25) is 0 Å². The lowest BCUT2D eigenvalue weighted by Gasteiger charge is -2.13. The fourth-order valence-corrected chi connectivity index (χ4v) is 2.77. The van der Waals surface area contributed by atoms with E-state index in [1.165, 1.54) is 12.1 Å². The second-order valence-electron chi connectivity index (χ2n) is 5.58. The molecule has 0 aliphatic carbocycles. The number of hydrogen-bond acceptors (Lipinski definition) is 3. The molecule has 0 fully saturated rings. The molecule has 1 heterocycles. The highest BCUT2D eigenvalue weighted by atomic mass is 79.9. The van der Waals surface area contributed by atoms with Crippen molar-refractivity contribution in [1.82, 2.24) is 9.55 Å². The van der Waals surface area contributed by atoms with Crippen LogP contribution in [-0.2, 0) is 6.54 Å². The highest BCUT2D eigenvalue weighted by Crippen LogP contribution is 2.31. The van der Waals surface area contributed by atoms with Crippen LogP contribution >= 0.6 is 15.9 Å². The van der Waals surface area contributed by atoms with E-state index in [4.69, 9.17) is 4.74 Å². The Morgan fingerprint density at radius 1 is 1.31 bits per heavy atom. The first-order valence-corrected chi connectivity index (χ1v) is 8.84. The zero-order chi connectivity index (χ0) is 18.5. The third-order valence-electron chi connectivity index (χ3n) is 3.71. The first-order valence-electron chi connectivity index (χ1n) is 8.04. The number of carbonyl (C=O) groups excluding carboxylic acids is 1. The molecule has 7 heteroatoms. The predicted octanol–water partition coefficient (Wildman–Crippen LogP) is 4.48. The van der Waals surface area contributed by atoms with Crippen molar-refractivity contribution in [1.29, 1.82) is 0 Å². The number of hydrogen-bond donors (Lipinski definition) is 1. The van der Waals surface area contributed by atoms with Crippen LogP contribution in [0.4, 0.5) is 10.1 Å². The molecule has 3 rings (SSSR count). The summed E-state index contributed by atoms with van der Waals surface area (Å²) in [7, 11) is 0. The molecule has 0 aliphatic rings. The van der Waals surface area contributed by atoms with E-state index in [9.17, 15) is 9.18 Å². The number of ether oxygens (including phenoxy) is 1. The average Bonchev–Trinajstić information content (AvgIpc) is 3.13. The Labute approximate surface area is 159 Å². The fourth-order valence-electron chi connectivity index (χ4n) is 2.45. The lowest BCUT2D eigenvalue weighted by Crippen LogP contribution is -2.13. The van der Waals surface area contributed by atoms with Gasteiger partial charge in [0, 0.05) is 30.6 Å². The Bertz CT molecular complexity index is 896. The van der Waals surface area contributed by atoms with Crippen molar-refractivity contribution in [2.45, 2.75) is 13.5 Å². The number of carbonyl (C=O) groups is 1. The van der Waals surface area contributed by atoms with Crippen LogP contribution in [0.15, 0.2) is 59.6 Å². The molecule has 3 aromatic rings. The number of benzene rings is 2. The molecule has 0 aliphatic heterocycles. The van der Waals surface area contributed by atoms with Crippen LogP contribution in [0.1, 0.15) is 22.8 Å². The van der Waals surface area contributed by atoms with E-state index in [0.717, 1.165) is 5.56 Å². The van der Waals surface area contributed by atoms with Crippen LogP contribution in [0.25, 0.3) is 0 Å². The zero-order valence-corrected chi connectivity index (χ0v) is 15.7. The van der Waals surface area contributed by atoms with E-state index in [1.807, 2.05) is 29.8 Å². The maximum Gasteiger partial charge on any atom is 0.255 e. The van der Waals surface area contributed by atoms with Crippen LogP contribution in [0, 0.1) is 5.82 Å². The van der Waals surface area contributed by atoms with Crippen molar-refractivity contribution >= 4 is 27.5 Å². The Hall–Kier alpha value is -2.67. The summed E-state index contributed by atoms with van der Waals surface area (Å²) in [6, 6.07) is 9.96. The summed E-state index contributed by atoms with van der Waals surface area (Å²) in [5.41, 5.74) is 1.81. The quantitative estimate of drug-likeness (QED) is 0.642. The molecule has 1 N–H and O–H groups in total. The topological polar surface area (TPSA) is 56.1 Å². The maximum absolute atomic E-state index is 13.8. The van der Waals surface area contributed by atoms with E-state index >= 15 is 0 Å². The van der Waals surface area contributed by atoms with Gasteiger partial charge in [-0.1, -0.05) is 12.1 Å². The van der Waals surface area contributed by atoms with Gasteiger partial charge in [0.05, 0.1) is 23.1 Å². The third kappa shape index (κ3) is 4.29. The predicted molar refractivity (Wildman–Crippen MR) is 101 cm³/mol. The first kappa shape index (κ1) is 18.1. The number of amides is 1. The number of imidazole rings is 1. The van der Waals surface area contributed by atoms with Gasteiger partial charge in [-0.25, -0.2) is 9.37 Å². The summed E-state index contributed by atoms with van der Waals surface area (Å²) < 4.78 is 21.5. The number of aromatic nitrogens is 2. The van der Waals surface area contributed by atoms with E-state index in [0.29, 0.717) is 30.2 Å². The minimum Gasteiger partial charge on any atom is -0.492 e. The first-order chi connectivity index (χ1) is 12.6. The van der Waals surface area contributed by atoms with E-state index in [-0.39, 0.29) is 10.4 Å². The molecular weight excluding hydrogens is 401 g/mol. The Kier molecular flexibility index (Phi) is 5.68. The number of halogens is 2. The number of anilines is 1. The summed E-state index contributed by atoms with van der Waals surface area (Å²) in [5, 5.41) is 2.70. The van der Waals surface area contributed by atoms with Gasteiger partial charge in [-0.3, -0.25) is 4.79 Å². The lowest BCUT2D eigenvalue weighted by molar-refractivity contribution is 0.102. The highest BCUT2D eigenvalue weighted by Gasteiger charge is 2.13. The molecule has 0 saturated carbocycles. The smallest absolute Gasteiger partial charge is 0.255 e. The maximum atomic E-state index is 13.8. The SMILES string of the molecule is CCOc1cc(Br)c(F)cc1NC(=O)c1ccc(Cn2ccnc2)cc1. The summed E-state index contributed by atoms with van der Waals surface area (Å²) in [4.78, 5) is 16.5. The number of rotatable bonds is 6. The molecule has 1 aromatic heterocycles. The average molecular weight is 418 g/mol. The molecule has 0 bridgehead atoms. The lowest BCUT2D eigenvalue weighted by atomic mass is 10.1. The van der Waals surface area contributed by atoms with Gasteiger partial charge >= 0.3 is 0 Å². The van der Waals surface area contributed by atoms with Gasteiger partial charge < -0.3 is 14.6 Å². The minimum absolute atomic E-state index is 0.280. The van der Waals surface area contributed by atoms with Crippen molar-refractivity contribution in [3.63, 3.8) is 0 Å². The molecule has 0 spiro atoms. The monoisotopic (exact) mass is 417 g/mol. The highest BCUT2D eigenvalue weighted by molar-refractivity contribution is 9.10. The van der Waals surface area contributed by atoms with Crippen molar-refractivity contribution < 1.29 is 13.9 Å². The van der Waals surface area contributed by atoms with Crippen LogP contribution in [0.5, 0.6) is 5.75 Å².